The highest BCUT2D eigenvalue weighted by molar-refractivity contribution is 5.75. The molecule has 0 N–H and O–H groups in total. The molecule has 1 rings (SSSR count). The van der Waals surface area contributed by atoms with Gasteiger partial charge in [-0.3, -0.25) is 0 Å². The first-order chi connectivity index (χ1) is 6.45. The first-order valence-corrected chi connectivity index (χ1v) is 4.00. The Morgan fingerprint density at radius 1 is 1.57 bits per heavy atom. The molecule has 1 atom stereocenters. The number of hydroxylamine groups is 2. The lowest BCUT2D eigenvalue weighted by atomic mass is 10.1. The van der Waals surface area contributed by atoms with Gasteiger partial charge in [0, 0.05) is 13.7 Å². The molecule has 1 heterocycles. The van der Waals surface area contributed by atoms with Crippen molar-refractivity contribution < 1.29 is 27.5 Å². The van der Waals surface area contributed by atoms with Crippen LogP contribution in [0.4, 0.5) is 13.2 Å². The lowest BCUT2D eigenvalue weighted by Crippen LogP contribution is -2.52. The molecule has 0 aromatic carbocycles. The summed E-state index contributed by atoms with van der Waals surface area (Å²) in [5.41, 5.74) is 0. The van der Waals surface area contributed by atoms with Gasteiger partial charge in [0.25, 0.3) is 0 Å². The summed E-state index contributed by atoms with van der Waals surface area (Å²) < 4.78 is 40.0. The van der Waals surface area contributed by atoms with E-state index in [1.165, 1.54) is 7.11 Å². The SMILES string of the molecule is COCC1CCN1OC(=O)C(F)(F)F. The predicted molar refractivity (Wildman–Crippen MR) is 39.1 cm³/mol. The molecule has 4 nitrogen and oxygen atoms in total. The molecule has 1 aliphatic rings. The molecule has 0 amide bonds. The van der Waals surface area contributed by atoms with Crippen LogP contribution in [0.1, 0.15) is 6.42 Å². The third-order valence-corrected chi connectivity index (χ3v) is 1.88. The van der Waals surface area contributed by atoms with Gasteiger partial charge >= 0.3 is 12.1 Å². The van der Waals surface area contributed by atoms with Crippen molar-refractivity contribution in [3.05, 3.63) is 0 Å². The molecule has 0 aliphatic carbocycles. The molecule has 0 saturated carbocycles. The molecule has 82 valence electrons. The molecule has 0 spiro atoms. The summed E-state index contributed by atoms with van der Waals surface area (Å²) >= 11 is 0. The van der Waals surface area contributed by atoms with E-state index in [0.717, 1.165) is 5.06 Å². The molecule has 0 aromatic heterocycles. The number of halogens is 3. The molecule has 0 radical (unpaired) electrons. The minimum Gasteiger partial charge on any atom is -0.383 e. The normalized spacial score (nSPS) is 23.0. The standard InChI is InChI=1S/C7H10F3NO3/c1-13-4-5-2-3-11(5)14-6(12)7(8,9)10/h5H,2-4H2,1H3. The van der Waals surface area contributed by atoms with E-state index in [1.807, 2.05) is 0 Å². The molecule has 7 heteroatoms. The number of alkyl halides is 3. The minimum absolute atomic E-state index is 0.255. The van der Waals surface area contributed by atoms with Crippen molar-refractivity contribution in [2.45, 2.75) is 18.6 Å². The van der Waals surface area contributed by atoms with Gasteiger partial charge in [0.2, 0.25) is 0 Å². The number of carbonyl (C=O) groups is 1. The molecular weight excluding hydrogens is 203 g/mol. The lowest BCUT2D eigenvalue weighted by Gasteiger charge is -2.37. The van der Waals surface area contributed by atoms with E-state index in [4.69, 9.17) is 4.74 Å². The van der Waals surface area contributed by atoms with E-state index in [0.29, 0.717) is 13.0 Å². The molecule has 0 aromatic rings. The Morgan fingerprint density at radius 2 is 2.21 bits per heavy atom. The summed E-state index contributed by atoms with van der Waals surface area (Å²) in [4.78, 5) is 14.5. The first kappa shape index (κ1) is 11.3. The van der Waals surface area contributed by atoms with Gasteiger partial charge in [0.1, 0.15) is 0 Å². The van der Waals surface area contributed by atoms with E-state index >= 15 is 0 Å². The van der Waals surface area contributed by atoms with E-state index < -0.39 is 12.1 Å². The topological polar surface area (TPSA) is 38.8 Å². The Balaban J connectivity index is 2.35. The maximum atomic E-state index is 11.8. The van der Waals surface area contributed by atoms with Crippen LogP contribution < -0.4 is 0 Å². The van der Waals surface area contributed by atoms with Crippen molar-refractivity contribution in [2.24, 2.45) is 0 Å². The quantitative estimate of drug-likeness (QED) is 0.692. The fraction of sp³-hybridized carbons (Fsp3) is 0.857. The minimum atomic E-state index is -4.94. The lowest BCUT2D eigenvalue weighted by molar-refractivity contribution is -0.267. The molecule has 1 unspecified atom stereocenters. The third-order valence-electron chi connectivity index (χ3n) is 1.88. The van der Waals surface area contributed by atoms with Gasteiger partial charge in [0.05, 0.1) is 12.6 Å². The monoisotopic (exact) mass is 213 g/mol. The van der Waals surface area contributed by atoms with Crippen molar-refractivity contribution >= 4 is 5.97 Å². The Labute approximate surface area is 78.5 Å². The van der Waals surface area contributed by atoms with Gasteiger partial charge in [-0.25, -0.2) is 4.79 Å². The summed E-state index contributed by atoms with van der Waals surface area (Å²) in [7, 11) is 1.43. The summed E-state index contributed by atoms with van der Waals surface area (Å²) in [5, 5.41) is 0.985. The highest BCUT2D eigenvalue weighted by Crippen LogP contribution is 2.23. The van der Waals surface area contributed by atoms with Crippen molar-refractivity contribution in [1.82, 2.24) is 5.06 Å². The highest BCUT2D eigenvalue weighted by Gasteiger charge is 2.44. The first-order valence-electron chi connectivity index (χ1n) is 4.00. The number of rotatable bonds is 3. The van der Waals surface area contributed by atoms with Crippen molar-refractivity contribution in [3.63, 3.8) is 0 Å². The van der Waals surface area contributed by atoms with Crippen molar-refractivity contribution in [2.75, 3.05) is 20.3 Å². The number of hydrogen-bond donors (Lipinski definition) is 0. The zero-order valence-corrected chi connectivity index (χ0v) is 7.50. The molecule has 0 bridgehead atoms. The molecule has 1 fully saturated rings. The average molecular weight is 213 g/mol. The van der Waals surface area contributed by atoms with Crippen LogP contribution in [0.15, 0.2) is 0 Å². The van der Waals surface area contributed by atoms with Crippen LogP contribution in [-0.4, -0.2) is 43.5 Å². The Kier molecular flexibility index (Phi) is 3.33. The van der Waals surface area contributed by atoms with Gasteiger partial charge < -0.3 is 9.57 Å². The van der Waals surface area contributed by atoms with Crippen molar-refractivity contribution in [3.8, 4) is 0 Å². The molecule has 1 saturated heterocycles. The van der Waals surface area contributed by atoms with Crippen LogP contribution in [0.3, 0.4) is 0 Å². The Hall–Kier alpha value is -0.820. The second-order valence-electron chi connectivity index (χ2n) is 2.92. The number of hydrogen-bond acceptors (Lipinski definition) is 4. The van der Waals surface area contributed by atoms with Crippen LogP contribution in [0.2, 0.25) is 0 Å². The highest BCUT2D eigenvalue weighted by atomic mass is 19.4. The van der Waals surface area contributed by atoms with Gasteiger partial charge in [0.15, 0.2) is 0 Å². The number of carbonyl (C=O) groups excluding carboxylic acids is 1. The second kappa shape index (κ2) is 4.14. The third kappa shape index (κ3) is 2.58. The Morgan fingerprint density at radius 3 is 2.57 bits per heavy atom. The number of methoxy groups -OCH3 is 1. The Bertz CT molecular complexity index is 219. The molecule has 1 aliphatic heterocycles. The van der Waals surface area contributed by atoms with Gasteiger partial charge in [-0.1, -0.05) is 0 Å². The summed E-state index contributed by atoms with van der Waals surface area (Å²) in [6.07, 6.45) is -4.27. The van der Waals surface area contributed by atoms with Crippen LogP contribution in [0.5, 0.6) is 0 Å². The van der Waals surface area contributed by atoms with Gasteiger partial charge in [-0.2, -0.15) is 13.2 Å². The fourth-order valence-corrected chi connectivity index (χ4v) is 1.05. The smallest absolute Gasteiger partial charge is 0.383 e. The van der Waals surface area contributed by atoms with Crippen LogP contribution >= 0.6 is 0 Å². The largest absolute Gasteiger partial charge is 0.492 e. The van der Waals surface area contributed by atoms with E-state index in [9.17, 15) is 18.0 Å². The van der Waals surface area contributed by atoms with Gasteiger partial charge in [-0.05, 0) is 6.42 Å². The second-order valence-corrected chi connectivity index (χ2v) is 2.92. The summed E-state index contributed by atoms with van der Waals surface area (Å²) in [6.45, 7) is 0.570. The zero-order valence-electron chi connectivity index (χ0n) is 7.50. The van der Waals surface area contributed by atoms with E-state index in [-0.39, 0.29) is 12.6 Å². The maximum absolute atomic E-state index is 11.8. The zero-order chi connectivity index (χ0) is 10.8. The molecule has 14 heavy (non-hydrogen) atoms. The van der Waals surface area contributed by atoms with Crippen LogP contribution in [0.25, 0.3) is 0 Å². The van der Waals surface area contributed by atoms with Crippen LogP contribution in [-0.2, 0) is 14.4 Å². The van der Waals surface area contributed by atoms with Crippen LogP contribution in [0, 0.1) is 0 Å². The molecular formula is C7H10F3NO3. The average Bonchev–Trinajstić information content (AvgIpc) is 2.06. The van der Waals surface area contributed by atoms with E-state index in [1.54, 1.807) is 0 Å². The fourth-order valence-electron chi connectivity index (χ4n) is 1.05. The van der Waals surface area contributed by atoms with E-state index in [2.05, 4.69) is 4.84 Å². The maximum Gasteiger partial charge on any atom is 0.492 e. The van der Waals surface area contributed by atoms with Crippen molar-refractivity contribution in [1.29, 1.82) is 0 Å². The predicted octanol–water partition coefficient (Wildman–Crippen LogP) is 0.728. The number of ether oxygens (including phenoxy) is 1. The number of nitrogens with zero attached hydrogens (tertiary/aromatic N) is 1. The van der Waals surface area contributed by atoms with Gasteiger partial charge in [-0.15, -0.1) is 5.06 Å². The summed E-state index contributed by atoms with van der Waals surface area (Å²) in [6, 6.07) is -0.258. The summed E-state index contributed by atoms with van der Waals surface area (Å²) in [5.74, 6) is -2.18.